The van der Waals surface area contributed by atoms with Crippen LogP contribution in [0.25, 0.3) is 0 Å². The number of hydrogen-bond donors (Lipinski definition) is 1. The molecule has 6 nitrogen and oxygen atoms in total. The highest BCUT2D eigenvalue weighted by molar-refractivity contribution is 5.72. The third-order valence-corrected chi connectivity index (χ3v) is 3.75. The molecule has 1 fully saturated rings. The molecule has 0 saturated carbocycles. The molecule has 1 atom stereocenters. The first-order chi connectivity index (χ1) is 10.7. The Morgan fingerprint density at radius 1 is 1.32 bits per heavy atom. The average Bonchev–Trinajstić information content (AvgIpc) is 3.04. The lowest BCUT2D eigenvalue weighted by Gasteiger charge is -2.24. The van der Waals surface area contributed by atoms with Gasteiger partial charge in [-0.3, -0.25) is 9.78 Å². The summed E-state index contributed by atoms with van der Waals surface area (Å²) in [7, 11) is 0. The SMILES string of the molecule is CC(=O)NCc1cccc([C@@H]2CCCN2c2ncccn2)n1. The fourth-order valence-corrected chi connectivity index (χ4v) is 2.75. The second-order valence-electron chi connectivity index (χ2n) is 5.36. The molecule has 1 aliphatic rings. The van der Waals surface area contributed by atoms with E-state index in [2.05, 4.69) is 20.2 Å². The summed E-state index contributed by atoms with van der Waals surface area (Å²) in [6, 6.07) is 7.96. The van der Waals surface area contributed by atoms with Gasteiger partial charge in [0.15, 0.2) is 0 Å². The van der Waals surface area contributed by atoms with E-state index in [1.54, 1.807) is 12.4 Å². The highest BCUT2D eigenvalue weighted by atomic mass is 16.1. The molecule has 1 amide bonds. The van der Waals surface area contributed by atoms with Crippen LogP contribution >= 0.6 is 0 Å². The van der Waals surface area contributed by atoms with E-state index in [0.29, 0.717) is 6.54 Å². The summed E-state index contributed by atoms with van der Waals surface area (Å²) in [5, 5.41) is 2.78. The van der Waals surface area contributed by atoms with Crippen LogP contribution in [0.4, 0.5) is 5.95 Å². The van der Waals surface area contributed by atoms with Gasteiger partial charge in [-0.15, -0.1) is 0 Å². The van der Waals surface area contributed by atoms with Crippen molar-refractivity contribution in [2.75, 3.05) is 11.4 Å². The van der Waals surface area contributed by atoms with Gasteiger partial charge in [-0.05, 0) is 31.0 Å². The number of carbonyl (C=O) groups excluding carboxylic acids is 1. The Hall–Kier alpha value is -2.50. The Labute approximate surface area is 129 Å². The number of nitrogens with one attached hydrogen (secondary N) is 1. The lowest BCUT2D eigenvalue weighted by atomic mass is 10.1. The van der Waals surface area contributed by atoms with Gasteiger partial charge in [-0.25, -0.2) is 9.97 Å². The zero-order valence-electron chi connectivity index (χ0n) is 12.6. The van der Waals surface area contributed by atoms with Crippen molar-refractivity contribution in [2.24, 2.45) is 0 Å². The van der Waals surface area contributed by atoms with Crippen LogP contribution in [-0.2, 0) is 11.3 Å². The summed E-state index contributed by atoms with van der Waals surface area (Å²) in [4.78, 5) is 26.6. The van der Waals surface area contributed by atoms with Gasteiger partial charge in [0, 0.05) is 25.9 Å². The first-order valence-corrected chi connectivity index (χ1v) is 7.48. The Kier molecular flexibility index (Phi) is 4.27. The molecule has 0 aliphatic carbocycles. The molecule has 0 radical (unpaired) electrons. The van der Waals surface area contributed by atoms with Crippen LogP contribution in [0.15, 0.2) is 36.7 Å². The maximum absolute atomic E-state index is 11.0. The second kappa shape index (κ2) is 6.51. The van der Waals surface area contributed by atoms with E-state index in [1.807, 2.05) is 24.3 Å². The minimum absolute atomic E-state index is 0.0487. The van der Waals surface area contributed by atoms with Crippen LogP contribution in [0, 0.1) is 0 Å². The van der Waals surface area contributed by atoms with Gasteiger partial charge >= 0.3 is 0 Å². The maximum atomic E-state index is 11.0. The van der Waals surface area contributed by atoms with Crippen molar-refractivity contribution in [1.82, 2.24) is 20.3 Å². The Bertz CT molecular complexity index is 646. The van der Waals surface area contributed by atoms with Gasteiger partial charge in [0.05, 0.1) is 24.0 Å². The third-order valence-electron chi connectivity index (χ3n) is 3.75. The standard InChI is InChI=1S/C16H19N5O/c1-12(22)19-11-13-5-2-6-14(20-13)15-7-3-10-21(15)16-17-8-4-9-18-16/h2,4-6,8-9,15H,3,7,10-11H2,1H3,(H,19,22)/t15-/m0/s1. The predicted molar refractivity (Wildman–Crippen MR) is 83.1 cm³/mol. The first kappa shape index (κ1) is 14.4. The zero-order valence-corrected chi connectivity index (χ0v) is 12.6. The van der Waals surface area contributed by atoms with E-state index in [-0.39, 0.29) is 11.9 Å². The van der Waals surface area contributed by atoms with Gasteiger partial charge in [0.2, 0.25) is 11.9 Å². The summed E-state index contributed by atoms with van der Waals surface area (Å²) in [5.41, 5.74) is 1.88. The van der Waals surface area contributed by atoms with Crippen molar-refractivity contribution in [3.63, 3.8) is 0 Å². The molecule has 0 aromatic carbocycles. The normalized spacial score (nSPS) is 17.5. The fraction of sp³-hybridized carbons (Fsp3) is 0.375. The molecule has 3 rings (SSSR count). The number of anilines is 1. The van der Waals surface area contributed by atoms with Gasteiger partial charge < -0.3 is 10.2 Å². The van der Waals surface area contributed by atoms with Crippen LogP contribution in [0.2, 0.25) is 0 Å². The van der Waals surface area contributed by atoms with E-state index in [9.17, 15) is 4.79 Å². The third kappa shape index (κ3) is 3.21. The van der Waals surface area contributed by atoms with E-state index in [4.69, 9.17) is 4.98 Å². The Morgan fingerprint density at radius 3 is 2.91 bits per heavy atom. The zero-order chi connectivity index (χ0) is 15.4. The molecule has 22 heavy (non-hydrogen) atoms. The molecule has 0 unspecified atom stereocenters. The Balaban J connectivity index is 1.80. The van der Waals surface area contributed by atoms with Crippen molar-refractivity contribution in [2.45, 2.75) is 32.4 Å². The molecule has 1 N–H and O–H groups in total. The minimum atomic E-state index is -0.0487. The van der Waals surface area contributed by atoms with E-state index >= 15 is 0 Å². The van der Waals surface area contributed by atoms with Crippen molar-refractivity contribution in [3.8, 4) is 0 Å². The van der Waals surface area contributed by atoms with E-state index < -0.39 is 0 Å². The van der Waals surface area contributed by atoms with E-state index in [1.165, 1.54) is 6.92 Å². The number of carbonyl (C=O) groups is 1. The van der Waals surface area contributed by atoms with Crippen LogP contribution in [0.1, 0.15) is 37.2 Å². The molecule has 114 valence electrons. The molecule has 6 heteroatoms. The van der Waals surface area contributed by atoms with Gasteiger partial charge in [-0.2, -0.15) is 0 Å². The number of amides is 1. The summed E-state index contributed by atoms with van der Waals surface area (Å²) >= 11 is 0. The molecule has 1 aliphatic heterocycles. The molecule has 3 heterocycles. The number of hydrogen-bond acceptors (Lipinski definition) is 5. The van der Waals surface area contributed by atoms with Crippen LogP contribution in [-0.4, -0.2) is 27.4 Å². The minimum Gasteiger partial charge on any atom is -0.351 e. The highest BCUT2D eigenvalue weighted by Crippen LogP contribution is 2.33. The van der Waals surface area contributed by atoms with Crippen LogP contribution < -0.4 is 10.2 Å². The molecule has 0 spiro atoms. The van der Waals surface area contributed by atoms with Gasteiger partial charge in [0.25, 0.3) is 0 Å². The quantitative estimate of drug-likeness (QED) is 0.932. The van der Waals surface area contributed by atoms with Gasteiger partial charge in [-0.1, -0.05) is 6.07 Å². The number of aromatic nitrogens is 3. The summed E-state index contributed by atoms with van der Waals surface area (Å²) in [5.74, 6) is 0.700. The molecular formula is C16H19N5O. The van der Waals surface area contributed by atoms with Crippen molar-refractivity contribution >= 4 is 11.9 Å². The molecular weight excluding hydrogens is 278 g/mol. The molecule has 2 aromatic heterocycles. The van der Waals surface area contributed by atoms with Crippen LogP contribution in [0.3, 0.4) is 0 Å². The fourth-order valence-electron chi connectivity index (χ4n) is 2.75. The van der Waals surface area contributed by atoms with Gasteiger partial charge in [0.1, 0.15) is 0 Å². The maximum Gasteiger partial charge on any atom is 0.225 e. The van der Waals surface area contributed by atoms with Crippen molar-refractivity contribution in [1.29, 1.82) is 0 Å². The summed E-state index contributed by atoms with van der Waals surface area (Å²) in [6.07, 6.45) is 5.66. The smallest absolute Gasteiger partial charge is 0.225 e. The highest BCUT2D eigenvalue weighted by Gasteiger charge is 2.28. The largest absolute Gasteiger partial charge is 0.351 e. The number of pyridine rings is 1. The monoisotopic (exact) mass is 297 g/mol. The van der Waals surface area contributed by atoms with Crippen molar-refractivity contribution < 1.29 is 4.79 Å². The average molecular weight is 297 g/mol. The summed E-state index contributed by atoms with van der Waals surface area (Å²) in [6.45, 7) is 2.90. The topological polar surface area (TPSA) is 71.0 Å². The molecule has 1 saturated heterocycles. The number of rotatable bonds is 4. The molecule has 2 aromatic rings. The second-order valence-corrected chi connectivity index (χ2v) is 5.36. The Morgan fingerprint density at radius 2 is 2.14 bits per heavy atom. The van der Waals surface area contributed by atoms with Crippen LogP contribution in [0.5, 0.6) is 0 Å². The van der Waals surface area contributed by atoms with Crippen molar-refractivity contribution in [3.05, 3.63) is 48.0 Å². The summed E-state index contributed by atoms with van der Waals surface area (Å²) < 4.78 is 0. The molecule has 0 bridgehead atoms. The predicted octanol–water partition coefficient (Wildman–Crippen LogP) is 1.85. The first-order valence-electron chi connectivity index (χ1n) is 7.48. The lowest BCUT2D eigenvalue weighted by molar-refractivity contribution is -0.119. The lowest BCUT2D eigenvalue weighted by Crippen LogP contribution is -2.26. The number of nitrogens with zero attached hydrogens (tertiary/aromatic N) is 4. The van der Waals surface area contributed by atoms with E-state index in [0.717, 1.165) is 36.7 Å².